The zero-order valence-electron chi connectivity index (χ0n) is 26.5. The number of benzene rings is 8. The summed E-state index contributed by atoms with van der Waals surface area (Å²) in [5.74, 6) is 0. The molecule has 230 valence electrons. The van der Waals surface area contributed by atoms with Crippen LogP contribution >= 0.6 is 11.3 Å². The van der Waals surface area contributed by atoms with Gasteiger partial charge in [-0.05, 0) is 81.6 Å². The molecule has 2 aromatic heterocycles. The first-order valence-corrected chi connectivity index (χ1v) is 17.4. The molecular formula is C46H29NOS. The van der Waals surface area contributed by atoms with E-state index in [1.165, 1.54) is 53.2 Å². The summed E-state index contributed by atoms with van der Waals surface area (Å²) in [7, 11) is 0. The second-order valence-electron chi connectivity index (χ2n) is 12.5. The van der Waals surface area contributed by atoms with Crippen molar-refractivity contribution in [2.45, 2.75) is 0 Å². The fourth-order valence-corrected chi connectivity index (χ4v) is 8.57. The van der Waals surface area contributed by atoms with E-state index in [4.69, 9.17) is 4.42 Å². The summed E-state index contributed by atoms with van der Waals surface area (Å²) in [6.45, 7) is 0. The molecule has 0 aliphatic rings. The van der Waals surface area contributed by atoms with Crippen molar-refractivity contribution in [3.05, 3.63) is 176 Å². The summed E-state index contributed by atoms with van der Waals surface area (Å²) >= 11 is 1.87. The first-order chi connectivity index (χ1) is 24.3. The lowest BCUT2D eigenvalue weighted by atomic mass is 10.00. The molecule has 0 fully saturated rings. The van der Waals surface area contributed by atoms with Crippen molar-refractivity contribution < 1.29 is 4.42 Å². The normalized spacial score (nSPS) is 11.7. The summed E-state index contributed by atoms with van der Waals surface area (Å²) in [5.41, 5.74) is 9.96. The van der Waals surface area contributed by atoms with Gasteiger partial charge in [-0.2, -0.15) is 0 Å². The van der Waals surface area contributed by atoms with E-state index in [0.29, 0.717) is 0 Å². The van der Waals surface area contributed by atoms with Gasteiger partial charge >= 0.3 is 0 Å². The van der Waals surface area contributed by atoms with Gasteiger partial charge in [-0.25, -0.2) is 0 Å². The van der Waals surface area contributed by atoms with Crippen molar-refractivity contribution in [2.24, 2.45) is 0 Å². The molecule has 0 saturated carbocycles. The minimum atomic E-state index is 0.880. The molecule has 0 saturated heterocycles. The average Bonchev–Trinajstić information content (AvgIpc) is 3.74. The maximum atomic E-state index is 6.41. The Morgan fingerprint density at radius 2 is 1.14 bits per heavy atom. The fourth-order valence-electron chi connectivity index (χ4n) is 7.31. The highest BCUT2D eigenvalue weighted by Crippen LogP contribution is 2.48. The minimum absolute atomic E-state index is 0.880. The highest BCUT2D eigenvalue weighted by molar-refractivity contribution is 7.26. The van der Waals surface area contributed by atoms with Gasteiger partial charge in [0.15, 0.2) is 0 Å². The third-order valence-corrected chi connectivity index (χ3v) is 10.9. The Labute approximate surface area is 287 Å². The predicted molar refractivity (Wildman–Crippen MR) is 210 cm³/mol. The quantitative estimate of drug-likeness (QED) is 0.186. The molecule has 2 heterocycles. The summed E-state index contributed by atoms with van der Waals surface area (Å²) < 4.78 is 8.97. The van der Waals surface area contributed by atoms with E-state index in [1.807, 2.05) is 23.5 Å². The van der Waals surface area contributed by atoms with E-state index in [2.05, 4.69) is 169 Å². The van der Waals surface area contributed by atoms with Crippen molar-refractivity contribution in [1.29, 1.82) is 0 Å². The Balaban J connectivity index is 1.18. The average molecular weight is 644 g/mol. The van der Waals surface area contributed by atoms with E-state index in [1.54, 1.807) is 0 Å². The second kappa shape index (κ2) is 11.2. The lowest BCUT2D eigenvalue weighted by Gasteiger charge is -2.26. The van der Waals surface area contributed by atoms with Crippen LogP contribution in [0, 0.1) is 0 Å². The van der Waals surface area contributed by atoms with Crippen molar-refractivity contribution in [3.8, 4) is 22.3 Å². The lowest BCUT2D eigenvalue weighted by molar-refractivity contribution is 0.669. The van der Waals surface area contributed by atoms with E-state index in [0.717, 1.165) is 39.0 Å². The van der Waals surface area contributed by atoms with Gasteiger partial charge in [0.25, 0.3) is 0 Å². The SMILES string of the molecule is c1ccc(-c2cccc3c2sc2cccc(N(c4ccc(-c5ccc6ccccc6c5)cc4)c4ccc5c(c4)oc4ccccc45)c23)cc1. The van der Waals surface area contributed by atoms with Crippen molar-refractivity contribution in [1.82, 2.24) is 0 Å². The molecule has 2 nitrogen and oxygen atoms in total. The molecule has 0 bridgehead atoms. The maximum absolute atomic E-state index is 6.41. The molecule has 3 heteroatoms. The molecule has 10 rings (SSSR count). The largest absolute Gasteiger partial charge is 0.456 e. The number of para-hydroxylation sites is 1. The van der Waals surface area contributed by atoms with E-state index in [-0.39, 0.29) is 0 Å². The van der Waals surface area contributed by atoms with Crippen molar-refractivity contribution >= 4 is 81.3 Å². The second-order valence-corrected chi connectivity index (χ2v) is 13.6. The van der Waals surface area contributed by atoms with Gasteiger partial charge in [0.2, 0.25) is 0 Å². The Hall–Kier alpha value is -6.16. The van der Waals surface area contributed by atoms with Crippen LogP contribution in [0.1, 0.15) is 0 Å². The van der Waals surface area contributed by atoms with Gasteiger partial charge in [-0.3, -0.25) is 0 Å². The molecule has 0 N–H and O–H groups in total. The van der Waals surface area contributed by atoms with Gasteiger partial charge in [-0.15, -0.1) is 11.3 Å². The Bertz CT molecular complexity index is 2830. The first-order valence-electron chi connectivity index (χ1n) is 16.6. The Morgan fingerprint density at radius 1 is 0.429 bits per heavy atom. The van der Waals surface area contributed by atoms with E-state index < -0.39 is 0 Å². The van der Waals surface area contributed by atoms with Crippen LogP contribution in [-0.2, 0) is 0 Å². The molecule has 0 unspecified atom stereocenters. The number of rotatable bonds is 5. The number of fused-ring (bicyclic) bond motifs is 7. The number of hydrogen-bond donors (Lipinski definition) is 0. The van der Waals surface area contributed by atoms with Crippen LogP contribution in [0.2, 0.25) is 0 Å². The topological polar surface area (TPSA) is 16.4 Å². The highest BCUT2D eigenvalue weighted by atomic mass is 32.1. The first kappa shape index (κ1) is 27.9. The maximum Gasteiger partial charge on any atom is 0.137 e. The van der Waals surface area contributed by atoms with Crippen LogP contribution in [0.15, 0.2) is 180 Å². The Kier molecular flexibility index (Phi) is 6.39. The summed E-state index contributed by atoms with van der Waals surface area (Å²) in [6, 6.07) is 63.2. The third-order valence-electron chi connectivity index (χ3n) is 9.66. The minimum Gasteiger partial charge on any atom is -0.456 e. The summed E-state index contributed by atoms with van der Waals surface area (Å²) in [6.07, 6.45) is 0. The highest BCUT2D eigenvalue weighted by Gasteiger charge is 2.21. The molecular weight excluding hydrogens is 615 g/mol. The number of nitrogens with zero attached hydrogens (tertiary/aromatic N) is 1. The Morgan fingerprint density at radius 3 is 2.04 bits per heavy atom. The van der Waals surface area contributed by atoms with Crippen LogP contribution in [0.5, 0.6) is 0 Å². The van der Waals surface area contributed by atoms with Crippen molar-refractivity contribution in [2.75, 3.05) is 4.90 Å². The van der Waals surface area contributed by atoms with Gasteiger partial charge in [0.1, 0.15) is 11.2 Å². The number of furan rings is 1. The summed E-state index contributed by atoms with van der Waals surface area (Å²) in [4.78, 5) is 2.39. The predicted octanol–water partition coefficient (Wildman–Crippen LogP) is 13.9. The van der Waals surface area contributed by atoms with Gasteiger partial charge in [0.05, 0.1) is 5.69 Å². The number of anilines is 3. The molecule has 8 aromatic carbocycles. The van der Waals surface area contributed by atoms with E-state index >= 15 is 0 Å². The van der Waals surface area contributed by atoms with Gasteiger partial charge in [0, 0.05) is 48.4 Å². The number of hydrogen-bond acceptors (Lipinski definition) is 3. The molecule has 0 spiro atoms. The number of thiophene rings is 1. The molecule has 0 radical (unpaired) electrons. The third kappa shape index (κ3) is 4.62. The zero-order chi connectivity index (χ0) is 32.3. The monoisotopic (exact) mass is 643 g/mol. The molecule has 0 amide bonds. The van der Waals surface area contributed by atoms with Crippen LogP contribution in [0.3, 0.4) is 0 Å². The molecule has 49 heavy (non-hydrogen) atoms. The molecule has 10 aromatic rings. The standard InChI is InChI=1S/C46H29NOS/c1-2-11-32(12-3-1)37-15-8-16-40-45-41(17-9-19-44(45)49-46(37)40)47(36-26-27-39-38-14-6-7-18-42(38)48-43(39)29-36)35-24-22-31(23-25-35)34-21-20-30-10-4-5-13-33(30)28-34/h1-29H. The van der Waals surface area contributed by atoms with Crippen LogP contribution < -0.4 is 4.90 Å². The van der Waals surface area contributed by atoms with Crippen LogP contribution in [0.4, 0.5) is 17.1 Å². The summed E-state index contributed by atoms with van der Waals surface area (Å²) in [5, 5.41) is 7.27. The molecule has 0 atom stereocenters. The van der Waals surface area contributed by atoms with E-state index in [9.17, 15) is 0 Å². The van der Waals surface area contributed by atoms with Crippen molar-refractivity contribution in [3.63, 3.8) is 0 Å². The van der Waals surface area contributed by atoms with Gasteiger partial charge in [-0.1, -0.05) is 121 Å². The van der Waals surface area contributed by atoms with Crippen LogP contribution in [0.25, 0.3) is 75.1 Å². The smallest absolute Gasteiger partial charge is 0.137 e. The zero-order valence-corrected chi connectivity index (χ0v) is 27.3. The fraction of sp³-hybridized carbons (Fsp3) is 0. The molecule has 0 aliphatic heterocycles. The van der Waals surface area contributed by atoms with Crippen LogP contribution in [-0.4, -0.2) is 0 Å². The lowest BCUT2D eigenvalue weighted by Crippen LogP contribution is -2.10. The molecule has 0 aliphatic carbocycles. The van der Waals surface area contributed by atoms with Gasteiger partial charge < -0.3 is 9.32 Å².